The molecule has 7 nitrogen and oxygen atoms in total. The Kier molecular flexibility index (Phi) is 5.76. The van der Waals surface area contributed by atoms with E-state index in [2.05, 4.69) is 10.8 Å². The molecule has 0 aromatic heterocycles. The fourth-order valence-electron chi connectivity index (χ4n) is 1.97. The molecule has 1 aromatic carbocycles. The topological polar surface area (TPSA) is 93.7 Å². The van der Waals surface area contributed by atoms with Crippen molar-refractivity contribution in [3.8, 4) is 0 Å². The highest BCUT2D eigenvalue weighted by Crippen LogP contribution is 2.14. The van der Waals surface area contributed by atoms with Gasteiger partial charge in [0.05, 0.1) is 11.4 Å². The Balaban J connectivity index is 1.73. The van der Waals surface area contributed by atoms with Crippen molar-refractivity contribution < 1.29 is 22.8 Å². The van der Waals surface area contributed by atoms with Crippen LogP contribution in [0.3, 0.4) is 0 Å². The van der Waals surface area contributed by atoms with Crippen LogP contribution in [-0.2, 0) is 24.2 Å². The molecule has 1 saturated heterocycles. The summed E-state index contributed by atoms with van der Waals surface area (Å²) < 4.78 is 28.0. The normalized spacial score (nSPS) is 18.7. The average Bonchev–Trinajstić information content (AvgIpc) is 2.51. The highest BCUT2D eigenvalue weighted by Gasteiger charge is 2.15. The number of carbonyl (C=O) groups is 1. The number of nitrogens with one attached hydrogen (secondary N) is 2. The molecule has 1 fully saturated rings. The summed E-state index contributed by atoms with van der Waals surface area (Å²) in [7, 11) is -3.21. The van der Waals surface area contributed by atoms with E-state index < -0.39 is 9.84 Å². The van der Waals surface area contributed by atoms with Crippen molar-refractivity contribution in [2.75, 3.05) is 24.7 Å². The molecule has 1 heterocycles. The van der Waals surface area contributed by atoms with Gasteiger partial charge in [-0.1, -0.05) is 0 Å². The molecule has 1 aliphatic heterocycles. The Morgan fingerprint density at radius 3 is 2.64 bits per heavy atom. The standard InChI is InChI=1S/C14H20N2O5S/c1-22(18,19)12-7-5-11(6-8-12)15-10-13(17)16-21-14-4-2-3-9-20-14/h5-8,14-15H,2-4,9-10H2,1H3,(H,16,17). The molecule has 1 aliphatic rings. The molecular formula is C14H20N2O5S. The first kappa shape index (κ1) is 16.7. The van der Waals surface area contributed by atoms with E-state index in [1.54, 1.807) is 12.1 Å². The summed E-state index contributed by atoms with van der Waals surface area (Å²) in [6.45, 7) is 0.663. The SMILES string of the molecule is CS(=O)(=O)c1ccc(NCC(=O)NOC2CCCCO2)cc1. The number of hydrogen-bond donors (Lipinski definition) is 2. The Morgan fingerprint density at radius 1 is 1.32 bits per heavy atom. The summed E-state index contributed by atoms with van der Waals surface area (Å²) in [5, 5.41) is 2.88. The Labute approximate surface area is 129 Å². The van der Waals surface area contributed by atoms with Crippen LogP contribution in [-0.4, -0.2) is 40.0 Å². The van der Waals surface area contributed by atoms with Crippen molar-refractivity contribution in [2.45, 2.75) is 30.4 Å². The van der Waals surface area contributed by atoms with Gasteiger partial charge in [-0.3, -0.25) is 4.79 Å². The van der Waals surface area contributed by atoms with E-state index in [0.29, 0.717) is 12.3 Å². The van der Waals surface area contributed by atoms with E-state index in [0.717, 1.165) is 25.5 Å². The average molecular weight is 328 g/mol. The molecule has 2 N–H and O–H groups in total. The van der Waals surface area contributed by atoms with Crippen LogP contribution in [0.5, 0.6) is 0 Å². The van der Waals surface area contributed by atoms with Gasteiger partial charge in [-0.15, -0.1) is 0 Å². The first-order valence-electron chi connectivity index (χ1n) is 7.05. The molecule has 1 aromatic rings. The fourth-order valence-corrected chi connectivity index (χ4v) is 2.60. The van der Waals surface area contributed by atoms with E-state index in [1.165, 1.54) is 12.1 Å². The monoisotopic (exact) mass is 328 g/mol. The predicted molar refractivity (Wildman–Crippen MR) is 80.9 cm³/mol. The van der Waals surface area contributed by atoms with Crippen molar-refractivity contribution in [3.63, 3.8) is 0 Å². The lowest BCUT2D eigenvalue weighted by Gasteiger charge is -2.22. The third kappa shape index (κ3) is 5.28. The van der Waals surface area contributed by atoms with Crippen LogP contribution >= 0.6 is 0 Å². The van der Waals surface area contributed by atoms with Crippen molar-refractivity contribution >= 4 is 21.4 Å². The lowest BCUT2D eigenvalue weighted by molar-refractivity contribution is -0.199. The van der Waals surface area contributed by atoms with Crippen LogP contribution < -0.4 is 10.8 Å². The maximum absolute atomic E-state index is 11.6. The third-order valence-electron chi connectivity index (χ3n) is 3.18. The number of sulfone groups is 1. The molecule has 1 amide bonds. The van der Waals surface area contributed by atoms with Gasteiger partial charge in [0.25, 0.3) is 5.91 Å². The van der Waals surface area contributed by atoms with Crippen molar-refractivity contribution in [1.82, 2.24) is 5.48 Å². The van der Waals surface area contributed by atoms with Crippen LogP contribution in [0.2, 0.25) is 0 Å². The summed E-state index contributed by atoms with van der Waals surface area (Å²) in [5.74, 6) is -0.332. The lowest BCUT2D eigenvalue weighted by atomic mass is 10.2. The molecule has 0 bridgehead atoms. The predicted octanol–water partition coefficient (Wildman–Crippen LogP) is 1.08. The summed E-state index contributed by atoms with van der Waals surface area (Å²) in [4.78, 5) is 17.0. The van der Waals surface area contributed by atoms with Gasteiger partial charge in [0.1, 0.15) is 0 Å². The first-order chi connectivity index (χ1) is 10.4. The highest BCUT2D eigenvalue weighted by atomic mass is 32.2. The quantitative estimate of drug-likeness (QED) is 0.759. The molecule has 22 heavy (non-hydrogen) atoms. The maximum atomic E-state index is 11.6. The number of ether oxygens (including phenoxy) is 1. The minimum atomic E-state index is -3.21. The van der Waals surface area contributed by atoms with E-state index in [9.17, 15) is 13.2 Å². The second-order valence-electron chi connectivity index (χ2n) is 5.09. The second-order valence-corrected chi connectivity index (χ2v) is 7.11. The van der Waals surface area contributed by atoms with Crippen molar-refractivity contribution in [3.05, 3.63) is 24.3 Å². The third-order valence-corrected chi connectivity index (χ3v) is 4.31. The largest absolute Gasteiger partial charge is 0.376 e. The minimum absolute atomic E-state index is 0.0188. The number of rotatable bonds is 6. The van der Waals surface area contributed by atoms with Crippen molar-refractivity contribution in [2.24, 2.45) is 0 Å². The van der Waals surface area contributed by atoms with Crippen LogP contribution in [0.4, 0.5) is 5.69 Å². The van der Waals surface area contributed by atoms with Crippen molar-refractivity contribution in [1.29, 1.82) is 0 Å². The number of carbonyl (C=O) groups excluding carboxylic acids is 1. The number of anilines is 1. The summed E-state index contributed by atoms with van der Waals surface area (Å²) >= 11 is 0. The number of amides is 1. The van der Waals surface area contributed by atoms with Gasteiger partial charge in [-0.25, -0.2) is 18.7 Å². The summed E-state index contributed by atoms with van der Waals surface area (Å²) in [6, 6.07) is 6.19. The van der Waals surface area contributed by atoms with Gasteiger partial charge in [-0.2, -0.15) is 0 Å². The molecule has 8 heteroatoms. The van der Waals surface area contributed by atoms with Gasteiger partial charge in [0.2, 0.25) is 0 Å². The summed E-state index contributed by atoms with van der Waals surface area (Å²) in [5.41, 5.74) is 2.99. The second kappa shape index (κ2) is 7.57. The van der Waals surface area contributed by atoms with E-state index in [-0.39, 0.29) is 23.6 Å². The summed E-state index contributed by atoms with van der Waals surface area (Å²) in [6.07, 6.45) is 3.56. The van der Waals surface area contributed by atoms with Gasteiger partial charge < -0.3 is 10.1 Å². The molecule has 0 spiro atoms. The van der Waals surface area contributed by atoms with Crippen LogP contribution in [0.15, 0.2) is 29.2 Å². The Morgan fingerprint density at radius 2 is 2.05 bits per heavy atom. The fraction of sp³-hybridized carbons (Fsp3) is 0.500. The lowest BCUT2D eigenvalue weighted by Crippen LogP contribution is -2.36. The smallest absolute Gasteiger partial charge is 0.262 e. The first-order valence-corrected chi connectivity index (χ1v) is 8.94. The van der Waals surface area contributed by atoms with Crippen LogP contribution in [0.25, 0.3) is 0 Å². The number of benzene rings is 1. The zero-order valence-electron chi connectivity index (χ0n) is 12.4. The van der Waals surface area contributed by atoms with E-state index >= 15 is 0 Å². The zero-order valence-corrected chi connectivity index (χ0v) is 13.2. The van der Waals surface area contributed by atoms with Gasteiger partial charge >= 0.3 is 0 Å². The van der Waals surface area contributed by atoms with Gasteiger partial charge in [-0.05, 0) is 37.1 Å². The molecule has 2 rings (SSSR count). The van der Waals surface area contributed by atoms with Crippen LogP contribution in [0, 0.1) is 0 Å². The molecular weight excluding hydrogens is 308 g/mol. The number of hydrogen-bond acceptors (Lipinski definition) is 6. The van der Waals surface area contributed by atoms with Gasteiger partial charge in [0.15, 0.2) is 16.1 Å². The Bertz CT molecular complexity index is 594. The van der Waals surface area contributed by atoms with Gasteiger partial charge in [0, 0.05) is 25.0 Å². The molecule has 1 atom stereocenters. The van der Waals surface area contributed by atoms with E-state index in [4.69, 9.17) is 9.57 Å². The van der Waals surface area contributed by atoms with Crippen LogP contribution in [0.1, 0.15) is 19.3 Å². The molecule has 0 radical (unpaired) electrons. The highest BCUT2D eigenvalue weighted by molar-refractivity contribution is 7.90. The zero-order chi connectivity index (χ0) is 16.0. The number of hydroxylamine groups is 1. The molecule has 122 valence electrons. The maximum Gasteiger partial charge on any atom is 0.262 e. The molecule has 0 saturated carbocycles. The molecule has 0 aliphatic carbocycles. The van der Waals surface area contributed by atoms with E-state index in [1.807, 2.05) is 0 Å². The Hall–Kier alpha value is -1.64. The molecule has 1 unspecified atom stereocenters. The minimum Gasteiger partial charge on any atom is -0.376 e.